The quantitative estimate of drug-likeness (QED) is 0.424. The van der Waals surface area contributed by atoms with Crippen molar-refractivity contribution >= 4 is 28.9 Å². The molecular weight excluding hydrogens is 388 g/mol. The monoisotopic (exact) mass is 408 g/mol. The van der Waals surface area contributed by atoms with Crippen LogP contribution < -0.4 is 10.2 Å². The number of nitrogens with one attached hydrogen (secondary N) is 1. The Morgan fingerprint density at radius 3 is 2.50 bits per heavy atom. The second-order valence-electron chi connectivity index (χ2n) is 6.81. The van der Waals surface area contributed by atoms with Gasteiger partial charge >= 0.3 is 5.97 Å². The third-order valence-electron chi connectivity index (χ3n) is 4.71. The van der Waals surface area contributed by atoms with Crippen LogP contribution in [0.1, 0.15) is 28.8 Å². The summed E-state index contributed by atoms with van der Waals surface area (Å²) >= 11 is 0. The molecule has 1 fully saturated rings. The summed E-state index contributed by atoms with van der Waals surface area (Å²) < 4.78 is 5.12. The van der Waals surface area contributed by atoms with Crippen LogP contribution in [0.25, 0.3) is 0 Å². The van der Waals surface area contributed by atoms with Crippen molar-refractivity contribution in [1.82, 2.24) is 0 Å². The van der Waals surface area contributed by atoms with Crippen LogP contribution in [0.5, 0.6) is 0 Å². The van der Waals surface area contributed by atoms with Gasteiger partial charge in [-0.3, -0.25) is 14.9 Å². The van der Waals surface area contributed by atoms with Crippen molar-refractivity contribution < 1.29 is 19.2 Å². The van der Waals surface area contributed by atoms with E-state index in [-0.39, 0.29) is 17.7 Å². The Balaban J connectivity index is 1.66. The predicted octanol–water partition coefficient (Wildman–Crippen LogP) is 3.06. The normalized spacial score (nSPS) is 12.8. The Hall–Kier alpha value is -3.93. The van der Waals surface area contributed by atoms with Gasteiger partial charge in [-0.1, -0.05) is 12.1 Å². The molecule has 1 N–H and O–H groups in total. The number of nitriles is 1. The van der Waals surface area contributed by atoms with Gasteiger partial charge in [0.15, 0.2) is 6.61 Å². The van der Waals surface area contributed by atoms with Crippen molar-refractivity contribution in [3.05, 3.63) is 63.7 Å². The number of nitro benzene ring substituents is 1. The standard InChI is InChI=1S/C21H20N4O5/c22-10-9-15-3-5-16(6-4-15)23-20(26)14-30-21(27)18-13-17(25(28)29)7-8-19(18)24-11-1-2-12-24/h3-8,13H,1-2,9,11-12,14H2,(H,23,26). The summed E-state index contributed by atoms with van der Waals surface area (Å²) in [6.07, 6.45) is 2.22. The van der Waals surface area contributed by atoms with Crippen LogP contribution in [0, 0.1) is 21.4 Å². The zero-order valence-corrected chi connectivity index (χ0v) is 16.2. The van der Waals surface area contributed by atoms with E-state index in [4.69, 9.17) is 10.00 Å². The van der Waals surface area contributed by atoms with Crippen LogP contribution in [0.4, 0.5) is 17.1 Å². The van der Waals surface area contributed by atoms with Crippen LogP contribution in [0.15, 0.2) is 42.5 Å². The fourth-order valence-corrected chi connectivity index (χ4v) is 3.24. The predicted molar refractivity (Wildman–Crippen MR) is 109 cm³/mol. The summed E-state index contributed by atoms with van der Waals surface area (Å²) in [7, 11) is 0. The minimum Gasteiger partial charge on any atom is -0.452 e. The fraction of sp³-hybridized carbons (Fsp3) is 0.286. The van der Waals surface area contributed by atoms with Crippen LogP contribution in [0.3, 0.4) is 0 Å². The second-order valence-corrected chi connectivity index (χ2v) is 6.81. The summed E-state index contributed by atoms with van der Waals surface area (Å²) in [5, 5.41) is 22.4. The van der Waals surface area contributed by atoms with E-state index in [2.05, 4.69) is 5.32 Å². The number of carbonyl (C=O) groups excluding carboxylic acids is 2. The number of non-ortho nitro benzene ring substituents is 1. The fourth-order valence-electron chi connectivity index (χ4n) is 3.24. The van der Waals surface area contributed by atoms with E-state index in [1.54, 1.807) is 30.3 Å². The van der Waals surface area contributed by atoms with Crippen LogP contribution in [-0.4, -0.2) is 36.5 Å². The van der Waals surface area contributed by atoms with Gasteiger partial charge in [0.2, 0.25) is 0 Å². The molecule has 1 amide bonds. The van der Waals surface area contributed by atoms with E-state index in [0.717, 1.165) is 31.5 Å². The number of carbonyl (C=O) groups is 2. The van der Waals surface area contributed by atoms with E-state index >= 15 is 0 Å². The lowest BCUT2D eigenvalue weighted by molar-refractivity contribution is -0.384. The molecule has 0 unspecified atom stereocenters. The summed E-state index contributed by atoms with van der Waals surface area (Å²) in [6, 6.07) is 12.9. The van der Waals surface area contributed by atoms with Crippen LogP contribution in [-0.2, 0) is 16.0 Å². The van der Waals surface area contributed by atoms with Gasteiger partial charge in [0.05, 0.1) is 28.7 Å². The van der Waals surface area contributed by atoms with Gasteiger partial charge in [0.1, 0.15) is 0 Å². The maximum atomic E-state index is 12.6. The minimum atomic E-state index is -0.792. The molecule has 1 aliphatic heterocycles. The van der Waals surface area contributed by atoms with Crippen LogP contribution in [0.2, 0.25) is 0 Å². The molecule has 0 bridgehead atoms. The average molecular weight is 408 g/mol. The van der Waals surface area contributed by atoms with Gasteiger partial charge in [0.25, 0.3) is 11.6 Å². The van der Waals surface area contributed by atoms with Crippen molar-refractivity contribution in [3.63, 3.8) is 0 Å². The molecule has 3 rings (SSSR count). The highest BCUT2D eigenvalue weighted by atomic mass is 16.6. The highest BCUT2D eigenvalue weighted by molar-refractivity contribution is 5.99. The van der Waals surface area contributed by atoms with Gasteiger partial charge in [-0.25, -0.2) is 4.79 Å². The third-order valence-corrected chi connectivity index (χ3v) is 4.71. The number of amides is 1. The number of anilines is 2. The molecule has 2 aromatic rings. The van der Waals surface area contributed by atoms with Gasteiger partial charge in [0, 0.05) is 30.9 Å². The van der Waals surface area contributed by atoms with Crippen molar-refractivity contribution in [3.8, 4) is 6.07 Å². The van der Waals surface area contributed by atoms with Gasteiger partial charge in [-0.2, -0.15) is 5.26 Å². The van der Waals surface area contributed by atoms with Crippen molar-refractivity contribution in [1.29, 1.82) is 5.26 Å². The molecule has 0 radical (unpaired) electrons. The minimum absolute atomic E-state index is 0.0692. The van der Waals surface area contributed by atoms with Crippen molar-refractivity contribution in [2.45, 2.75) is 19.3 Å². The van der Waals surface area contributed by atoms with Gasteiger partial charge in [-0.15, -0.1) is 0 Å². The number of ether oxygens (including phenoxy) is 1. The molecule has 1 heterocycles. The zero-order valence-electron chi connectivity index (χ0n) is 16.2. The molecule has 0 aromatic heterocycles. The lowest BCUT2D eigenvalue weighted by Gasteiger charge is -2.20. The van der Waals surface area contributed by atoms with Gasteiger partial charge < -0.3 is 15.0 Å². The lowest BCUT2D eigenvalue weighted by atomic mass is 10.1. The lowest BCUT2D eigenvalue weighted by Crippen LogP contribution is -2.24. The maximum Gasteiger partial charge on any atom is 0.341 e. The number of benzene rings is 2. The molecule has 9 nitrogen and oxygen atoms in total. The van der Waals surface area contributed by atoms with E-state index in [9.17, 15) is 19.7 Å². The highest BCUT2D eigenvalue weighted by Crippen LogP contribution is 2.29. The molecule has 1 aliphatic rings. The zero-order chi connectivity index (χ0) is 21.5. The summed E-state index contributed by atoms with van der Waals surface area (Å²) in [4.78, 5) is 37.2. The molecule has 0 saturated carbocycles. The molecule has 154 valence electrons. The van der Waals surface area contributed by atoms with Crippen molar-refractivity contribution in [2.24, 2.45) is 0 Å². The number of esters is 1. The first kappa shape index (κ1) is 20.8. The Bertz CT molecular complexity index is 991. The third kappa shape index (κ3) is 5.11. The number of hydrogen-bond donors (Lipinski definition) is 1. The van der Waals surface area contributed by atoms with E-state index in [1.165, 1.54) is 12.1 Å². The molecule has 0 atom stereocenters. The number of hydrogen-bond acceptors (Lipinski definition) is 7. The summed E-state index contributed by atoms with van der Waals surface area (Å²) in [5.41, 5.74) is 1.75. The molecule has 1 saturated heterocycles. The van der Waals surface area contributed by atoms with Crippen LogP contribution >= 0.6 is 0 Å². The molecule has 9 heteroatoms. The number of nitrogens with zero attached hydrogens (tertiary/aromatic N) is 3. The Morgan fingerprint density at radius 2 is 1.87 bits per heavy atom. The van der Waals surface area contributed by atoms with E-state index < -0.39 is 23.4 Å². The number of rotatable bonds is 7. The molecule has 30 heavy (non-hydrogen) atoms. The Morgan fingerprint density at radius 1 is 1.17 bits per heavy atom. The highest BCUT2D eigenvalue weighted by Gasteiger charge is 2.24. The Kier molecular flexibility index (Phi) is 6.60. The smallest absolute Gasteiger partial charge is 0.341 e. The van der Waals surface area contributed by atoms with Gasteiger partial charge in [-0.05, 0) is 36.6 Å². The molecule has 2 aromatic carbocycles. The first-order chi connectivity index (χ1) is 14.5. The SMILES string of the molecule is N#CCc1ccc(NC(=O)COC(=O)c2cc([N+](=O)[O-])ccc2N2CCCC2)cc1. The van der Waals surface area contributed by atoms with E-state index in [1.807, 2.05) is 11.0 Å². The largest absolute Gasteiger partial charge is 0.452 e. The van der Waals surface area contributed by atoms with Crippen molar-refractivity contribution in [2.75, 3.05) is 29.9 Å². The first-order valence-corrected chi connectivity index (χ1v) is 9.44. The molecule has 0 aliphatic carbocycles. The molecular formula is C21H20N4O5. The second kappa shape index (κ2) is 9.52. The topological polar surface area (TPSA) is 126 Å². The average Bonchev–Trinajstić information content (AvgIpc) is 3.28. The maximum absolute atomic E-state index is 12.6. The first-order valence-electron chi connectivity index (χ1n) is 9.44. The van der Waals surface area contributed by atoms with E-state index in [0.29, 0.717) is 11.4 Å². The number of nitro groups is 1. The summed E-state index contributed by atoms with van der Waals surface area (Å²) in [6.45, 7) is 0.974. The summed E-state index contributed by atoms with van der Waals surface area (Å²) in [5.74, 6) is -1.33. The molecule has 0 spiro atoms. The Labute approximate surface area is 173 Å².